The van der Waals surface area contributed by atoms with Crippen molar-refractivity contribution in [2.75, 3.05) is 0 Å². The van der Waals surface area contributed by atoms with E-state index in [1.165, 1.54) is 0 Å². The van der Waals surface area contributed by atoms with Crippen molar-refractivity contribution >= 4 is 5.97 Å². The topological polar surface area (TPSA) is 46.5 Å². The highest BCUT2D eigenvalue weighted by molar-refractivity contribution is 5.72. The van der Waals surface area contributed by atoms with Crippen LogP contribution in [0.3, 0.4) is 0 Å². The lowest BCUT2D eigenvalue weighted by atomic mass is 9.84. The fourth-order valence-electron chi connectivity index (χ4n) is 2.04. The van der Waals surface area contributed by atoms with Gasteiger partial charge in [-0.3, -0.25) is 4.79 Å². The highest BCUT2D eigenvalue weighted by Gasteiger charge is 2.41. The standard InChI is InChI=1S/C8H12O3/c9-6-3-1-2-5-4-7(10)11-8(5)6/h5-6,8-9H,1-4H2/t5-,6+,8+/m0/s1. The Morgan fingerprint density at radius 3 is 3.00 bits per heavy atom. The van der Waals surface area contributed by atoms with Crippen molar-refractivity contribution in [3.63, 3.8) is 0 Å². The Morgan fingerprint density at radius 1 is 1.45 bits per heavy atom. The monoisotopic (exact) mass is 156 g/mol. The second-order valence-electron chi connectivity index (χ2n) is 3.42. The lowest BCUT2D eigenvalue weighted by molar-refractivity contribution is -0.146. The molecule has 0 unspecified atom stereocenters. The van der Waals surface area contributed by atoms with Gasteiger partial charge in [-0.2, -0.15) is 0 Å². The highest BCUT2D eigenvalue weighted by atomic mass is 16.6. The first kappa shape index (κ1) is 7.10. The Bertz CT molecular complexity index is 178. The number of aliphatic hydroxyl groups is 1. The summed E-state index contributed by atoms with van der Waals surface area (Å²) in [6.45, 7) is 0. The molecule has 2 aliphatic rings. The molecule has 11 heavy (non-hydrogen) atoms. The number of esters is 1. The minimum absolute atomic E-state index is 0.138. The molecular formula is C8H12O3. The molecule has 0 aromatic rings. The van der Waals surface area contributed by atoms with Gasteiger partial charge in [0.05, 0.1) is 12.5 Å². The summed E-state index contributed by atoms with van der Waals surface area (Å²) < 4.78 is 4.99. The van der Waals surface area contributed by atoms with Gasteiger partial charge in [0, 0.05) is 5.92 Å². The average molecular weight is 156 g/mol. The normalized spacial score (nSPS) is 43.4. The molecule has 1 aliphatic heterocycles. The maximum absolute atomic E-state index is 10.8. The minimum Gasteiger partial charge on any atom is -0.459 e. The van der Waals surface area contributed by atoms with Crippen LogP contribution in [0.4, 0.5) is 0 Å². The quantitative estimate of drug-likeness (QED) is 0.518. The van der Waals surface area contributed by atoms with E-state index in [9.17, 15) is 9.90 Å². The fraction of sp³-hybridized carbons (Fsp3) is 0.875. The molecule has 0 spiro atoms. The number of carbonyl (C=O) groups is 1. The number of hydrogen-bond donors (Lipinski definition) is 1. The maximum Gasteiger partial charge on any atom is 0.306 e. The fourth-order valence-corrected chi connectivity index (χ4v) is 2.04. The smallest absolute Gasteiger partial charge is 0.306 e. The van der Waals surface area contributed by atoms with Gasteiger partial charge in [-0.25, -0.2) is 0 Å². The number of hydrogen-bond acceptors (Lipinski definition) is 3. The van der Waals surface area contributed by atoms with Crippen molar-refractivity contribution in [1.82, 2.24) is 0 Å². The van der Waals surface area contributed by atoms with Crippen LogP contribution in [0.25, 0.3) is 0 Å². The molecule has 1 saturated carbocycles. The Labute approximate surface area is 65.4 Å². The molecule has 1 heterocycles. The van der Waals surface area contributed by atoms with Crippen molar-refractivity contribution in [2.45, 2.75) is 37.9 Å². The number of fused-ring (bicyclic) bond motifs is 1. The first-order valence-electron chi connectivity index (χ1n) is 4.15. The zero-order valence-electron chi connectivity index (χ0n) is 6.32. The van der Waals surface area contributed by atoms with Crippen molar-refractivity contribution < 1.29 is 14.6 Å². The summed E-state index contributed by atoms with van der Waals surface area (Å²) in [5.41, 5.74) is 0. The number of carbonyl (C=O) groups excluding carboxylic acids is 1. The van der Waals surface area contributed by atoms with Crippen LogP contribution in [-0.2, 0) is 9.53 Å². The second-order valence-corrected chi connectivity index (χ2v) is 3.42. The SMILES string of the molecule is O=C1C[C@@H]2CCC[C@@H](O)[C@@H]2O1. The van der Waals surface area contributed by atoms with Crippen molar-refractivity contribution in [2.24, 2.45) is 5.92 Å². The molecule has 3 atom stereocenters. The van der Waals surface area contributed by atoms with E-state index in [0.29, 0.717) is 12.3 Å². The second kappa shape index (κ2) is 2.48. The summed E-state index contributed by atoms with van der Waals surface area (Å²) in [7, 11) is 0. The number of rotatable bonds is 0. The molecule has 1 aliphatic carbocycles. The van der Waals surface area contributed by atoms with Gasteiger partial charge in [-0.1, -0.05) is 6.42 Å². The third kappa shape index (κ3) is 1.13. The molecule has 3 nitrogen and oxygen atoms in total. The van der Waals surface area contributed by atoms with E-state index in [1.54, 1.807) is 0 Å². The molecule has 1 saturated heterocycles. The Kier molecular flexibility index (Phi) is 1.60. The third-order valence-corrected chi connectivity index (χ3v) is 2.62. The Morgan fingerprint density at radius 2 is 2.27 bits per heavy atom. The average Bonchev–Trinajstić information content (AvgIpc) is 2.31. The van der Waals surface area contributed by atoms with Crippen molar-refractivity contribution in [1.29, 1.82) is 0 Å². The summed E-state index contributed by atoms with van der Waals surface area (Å²) in [4.78, 5) is 10.8. The summed E-state index contributed by atoms with van der Waals surface area (Å²) >= 11 is 0. The van der Waals surface area contributed by atoms with Crippen molar-refractivity contribution in [3.8, 4) is 0 Å². The van der Waals surface area contributed by atoms with E-state index in [1.807, 2.05) is 0 Å². The van der Waals surface area contributed by atoms with Gasteiger partial charge in [0.2, 0.25) is 0 Å². The van der Waals surface area contributed by atoms with Gasteiger partial charge < -0.3 is 9.84 Å². The molecule has 0 aromatic carbocycles. The van der Waals surface area contributed by atoms with Crippen LogP contribution in [0.1, 0.15) is 25.7 Å². The summed E-state index contributed by atoms with van der Waals surface area (Å²) in [6, 6.07) is 0. The molecule has 3 heteroatoms. The predicted molar refractivity (Wildman–Crippen MR) is 37.8 cm³/mol. The lowest BCUT2D eigenvalue weighted by Gasteiger charge is -2.27. The maximum atomic E-state index is 10.8. The van der Waals surface area contributed by atoms with Gasteiger partial charge in [0.25, 0.3) is 0 Å². The number of ether oxygens (including phenoxy) is 1. The van der Waals surface area contributed by atoms with E-state index in [-0.39, 0.29) is 12.1 Å². The minimum atomic E-state index is -0.403. The molecule has 0 bridgehead atoms. The van der Waals surface area contributed by atoms with Crippen LogP contribution in [0.15, 0.2) is 0 Å². The lowest BCUT2D eigenvalue weighted by Crippen LogP contribution is -2.34. The van der Waals surface area contributed by atoms with E-state index >= 15 is 0 Å². The molecule has 2 rings (SSSR count). The highest BCUT2D eigenvalue weighted by Crippen LogP contribution is 2.34. The molecule has 62 valence electrons. The summed E-state index contributed by atoms with van der Waals surface area (Å²) in [5.74, 6) is 0.159. The number of aliphatic hydroxyl groups excluding tert-OH is 1. The molecule has 0 aromatic heterocycles. The largest absolute Gasteiger partial charge is 0.459 e. The zero-order chi connectivity index (χ0) is 7.84. The zero-order valence-corrected chi connectivity index (χ0v) is 6.32. The van der Waals surface area contributed by atoms with Crippen LogP contribution in [-0.4, -0.2) is 23.3 Å². The van der Waals surface area contributed by atoms with Crippen molar-refractivity contribution in [3.05, 3.63) is 0 Å². The van der Waals surface area contributed by atoms with Crippen LogP contribution in [0, 0.1) is 5.92 Å². The van der Waals surface area contributed by atoms with Gasteiger partial charge in [0.15, 0.2) is 0 Å². The van der Waals surface area contributed by atoms with Crippen LogP contribution in [0.2, 0.25) is 0 Å². The summed E-state index contributed by atoms with van der Waals surface area (Å²) in [6.07, 6.45) is 2.78. The Hall–Kier alpha value is -0.570. The van der Waals surface area contributed by atoms with Gasteiger partial charge >= 0.3 is 5.97 Å². The van der Waals surface area contributed by atoms with E-state index in [4.69, 9.17) is 4.74 Å². The van der Waals surface area contributed by atoms with Crippen LogP contribution < -0.4 is 0 Å². The van der Waals surface area contributed by atoms with E-state index in [2.05, 4.69) is 0 Å². The van der Waals surface area contributed by atoms with Gasteiger partial charge in [-0.05, 0) is 12.8 Å². The molecule has 0 radical (unpaired) electrons. The van der Waals surface area contributed by atoms with Crippen LogP contribution in [0.5, 0.6) is 0 Å². The van der Waals surface area contributed by atoms with Gasteiger partial charge in [0.1, 0.15) is 6.10 Å². The molecular weight excluding hydrogens is 144 g/mol. The van der Waals surface area contributed by atoms with Crippen LogP contribution >= 0.6 is 0 Å². The van der Waals surface area contributed by atoms with E-state index in [0.717, 1.165) is 19.3 Å². The third-order valence-electron chi connectivity index (χ3n) is 2.62. The first-order valence-corrected chi connectivity index (χ1v) is 4.15. The van der Waals surface area contributed by atoms with Gasteiger partial charge in [-0.15, -0.1) is 0 Å². The first-order chi connectivity index (χ1) is 5.27. The summed E-state index contributed by atoms with van der Waals surface area (Å²) in [5, 5.41) is 9.42. The predicted octanol–water partition coefficient (Wildman–Crippen LogP) is 0.463. The molecule has 1 N–H and O–H groups in total. The molecule has 2 fully saturated rings. The van der Waals surface area contributed by atoms with E-state index < -0.39 is 6.10 Å². The Balaban J connectivity index is 2.09. The molecule has 0 amide bonds.